The van der Waals surface area contributed by atoms with Crippen molar-refractivity contribution in [3.8, 4) is 0 Å². The van der Waals surface area contributed by atoms with Crippen molar-refractivity contribution >= 4 is 11.9 Å². The number of carboxylic acids is 1. The Morgan fingerprint density at radius 1 is 1.58 bits per heavy atom. The van der Waals surface area contributed by atoms with E-state index in [0.29, 0.717) is 25.8 Å². The van der Waals surface area contributed by atoms with Crippen LogP contribution in [0.4, 0.5) is 0 Å². The lowest BCUT2D eigenvalue weighted by Crippen LogP contribution is -2.21. The summed E-state index contributed by atoms with van der Waals surface area (Å²) in [7, 11) is 1.36. The summed E-state index contributed by atoms with van der Waals surface area (Å²) in [4.78, 5) is 22.0. The molecule has 0 saturated carbocycles. The first-order valence-corrected chi connectivity index (χ1v) is 5.95. The topological polar surface area (TPSA) is 81.4 Å². The average molecular weight is 268 g/mol. The second kappa shape index (κ2) is 6.36. The molecule has 0 saturated heterocycles. The zero-order valence-electron chi connectivity index (χ0n) is 10.3. The lowest BCUT2D eigenvalue weighted by Gasteiger charge is -2.16. The highest BCUT2D eigenvalue weighted by molar-refractivity contribution is 5.71. The molecule has 1 unspecified atom stereocenters. The molecule has 0 aromatic carbocycles. The third-order valence-corrected chi connectivity index (χ3v) is 3.24. The number of aromatic nitrogens is 2. The van der Waals surface area contributed by atoms with Gasteiger partial charge in [-0.3, -0.25) is 14.3 Å². The summed E-state index contributed by atoms with van der Waals surface area (Å²) in [5.74, 6) is -1.33. The third-order valence-electron chi connectivity index (χ3n) is 3.24. The van der Waals surface area contributed by atoms with Crippen LogP contribution in [0.15, 0.2) is 6.20 Å². The Morgan fingerprint density at radius 3 is 2.95 bits per heavy atom. The molecule has 19 heavy (non-hydrogen) atoms. The van der Waals surface area contributed by atoms with E-state index in [9.17, 15) is 9.59 Å². The maximum atomic E-state index is 11.0. The molecule has 6 nitrogen and oxygen atoms in total. The predicted octanol–water partition coefficient (Wildman–Crippen LogP) is 1.27. The van der Waals surface area contributed by atoms with Crippen LogP contribution in [0.1, 0.15) is 31.5 Å². The van der Waals surface area contributed by atoms with Gasteiger partial charge in [0.1, 0.15) is 0 Å². The molecule has 1 aromatic rings. The summed E-state index contributed by atoms with van der Waals surface area (Å²) in [6.45, 7) is 0.470. The number of hydrogen-bond acceptors (Lipinski definition) is 4. The van der Waals surface area contributed by atoms with Gasteiger partial charge in [-0.25, -0.2) is 0 Å². The zero-order valence-corrected chi connectivity index (χ0v) is 10.3. The maximum absolute atomic E-state index is 11.0. The Morgan fingerprint density at radius 2 is 2.32 bits per heavy atom. The number of carbonyl (C=O) groups excluding carboxylic acids is 1. The summed E-state index contributed by atoms with van der Waals surface area (Å²) < 4.78 is 6.26. The number of carbonyl (C=O) groups is 2. The predicted molar refractivity (Wildman–Crippen MR) is 68.7 cm³/mol. The van der Waals surface area contributed by atoms with Crippen molar-refractivity contribution in [3.05, 3.63) is 17.5 Å². The maximum Gasteiger partial charge on any atom is 0.307 e. The Bertz CT molecular complexity index is 467. The smallest absolute Gasteiger partial charge is 0.307 e. The standard InChI is InChI=1S/C12H16N2O4.CH4/c1-18-11(15)4-5-14-7-9-6-8(12(16)17)2-3-10(9)13-14;/h7-8H,2-6H2,1H3,(H,16,17);1H4. The number of carboxylic acid groups (broad SMARTS) is 1. The van der Waals surface area contributed by atoms with Gasteiger partial charge in [-0.05, 0) is 24.8 Å². The zero-order chi connectivity index (χ0) is 13.1. The van der Waals surface area contributed by atoms with Gasteiger partial charge in [0.15, 0.2) is 0 Å². The number of aliphatic carboxylic acids is 1. The van der Waals surface area contributed by atoms with Crippen LogP contribution in [-0.2, 0) is 33.7 Å². The van der Waals surface area contributed by atoms with Crippen LogP contribution in [-0.4, -0.2) is 33.9 Å². The van der Waals surface area contributed by atoms with Gasteiger partial charge in [0.2, 0.25) is 0 Å². The highest BCUT2D eigenvalue weighted by Crippen LogP contribution is 2.24. The summed E-state index contributed by atoms with van der Waals surface area (Å²) >= 11 is 0. The summed E-state index contributed by atoms with van der Waals surface area (Å²) in [6.07, 6.45) is 3.98. The number of ether oxygens (including phenoxy) is 1. The van der Waals surface area contributed by atoms with E-state index in [1.54, 1.807) is 4.68 Å². The van der Waals surface area contributed by atoms with Gasteiger partial charge in [0, 0.05) is 6.20 Å². The van der Waals surface area contributed by atoms with E-state index in [4.69, 9.17) is 5.11 Å². The molecule has 1 heterocycles. The first-order valence-electron chi connectivity index (χ1n) is 5.95. The minimum atomic E-state index is -0.747. The number of rotatable bonds is 4. The fraction of sp³-hybridized carbons (Fsp3) is 0.615. The molecule has 1 aromatic heterocycles. The first-order chi connectivity index (χ1) is 8.60. The van der Waals surface area contributed by atoms with Gasteiger partial charge < -0.3 is 9.84 Å². The van der Waals surface area contributed by atoms with Crippen LogP contribution in [0.3, 0.4) is 0 Å². The molecular formula is C13H20N2O4. The number of aryl methyl sites for hydroxylation is 2. The Kier molecular flexibility index (Phi) is 5.09. The molecule has 0 amide bonds. The van der Waals surface area contributed by atoms with E-state index in [0.717, 1.165) is 11.3 Å². The van der Waals surface area contributed by atoms with Crippen LogP contribution >= 0.6 is 0 Å². The summed E-state index contributed by atoms with van der Waals surface area (Å²) in [6, 6.07) is 0. The fourth-order valence-electron chi connectivity index (χ4n) is 2.20. The molecule has 106 valence electrons. The molecule has 0 aliphatic heterocycles. The SMILES string of the molecule is C.COC(=O)CCn1cc2c(n1)CCC(C(=O)O)C2. The van der Waals surface area contributed by atoms with E-state index in [1.807, 2.05) is 6.20 Å². The number of esters is 1. The molecule has 1 aliphatic carbocycles. The highest BCUT2D eigenvalue weighted by atomic mass is 16.5. The number of nitrogens with zero attached hydrogens (tertiary/aromatic N) is 2. The van der Waals surface area contributed by atoms with Gasteiger partial charge in [0.05, 0.1) is 31.7 Å². The van der Waals surface area contributed by atoms with Crippen molar-refractivity contribution in [2.75, 3.05) is 7.11 Å². The van der Waals surface area contributed by atoms with E-state index >= 15 is 0 Å². The fourth-order valence-corrected chi connectivity index (χ4v) is 2.20. The molecule has 2 rings (SSSR count). The summed E-state index contributed by atoms with van der Waals surface area (Å²) in [5, 5.41) is 13.4. The van der Waals surface area contributed by atoms with Crippen molar-refractivity contribution in [3.63, 3.8) is 0 Å². The first kappa shape index (κ1) is 15.2. The summed E-state index contributed by atoms with van der Waals surface area (Å²) in [5.41, 5.74) is 1.94. The second-order valence-corrected chi connectivity index (χ2v) is 4.47. The monoisotopic (exact) mass is 268 g/mol. The second-order valence-electron chi connectivity index (χ2n) is 4.47. The Balaban J connectivity index is 0.00000180. The van der Waals surface area contributed by atoms with Crippen LogP contribution in [0, 0.1) is 5.92 Å². The van der Waals surface area contributed by atoms with Crippen molar-refractivity contribution in [2.24, 2.45) is 5.92 Å². The van der Waals surface area contributed by atoms with Crippen molar-refractivity contribution in [2.45, 2.75) is 39.7 Å². The van der Waals surface area contributed by atoms with Crippen molar-refractivity contribution in [1.29, 1.82) is 0 Å². The lowest BCUT2D eigenvalue weighted by molar-refractivity contribution is -0.142. The molecule has 0 spiro atoms. The van der Waals surface area contributed by atoms with Crippen LogP contribution in [0.25, 0.3) is 0 Å². The number of methoxy groups -OCH3 is 1. The quantitative estimate of drug-likeness (QED) is 0.832. The minimum Gasteiger partial charge on any atom is -0.481 e. The highest BCUT2D eigenvalue weighted by Gasteiger charge is 2.26. The van der Waals surface area contributed by atoms with E-state index in [1.165, 1.54) is 7.11 Å². The largest absolute Gasteiger partial charge is 0.481 e. The molecule has 1 atom stereocenters. The molecule has 0 fully saturated rings. The molecule has 0 radical (unpaired) electrons. The molecule has 6 heteroatoms. The molecule has 0 bridgehead atoms. The van der Waals surface area contributed by atoms with E-state index < -0.39 is 5.97 Å². The van der Waals surface area contributed by atoms with Crippen molar-refractivity contribution < 1.29 is 19.4 Å². The molecule has 1 aliphatic rings. The van der Waals surface area contributed by atoms with Crippen LogP contribution < -0.4 is 0 Å². The van der Waals surface area contributed by atoms with E-state index in [-0.39, 0.29) is 25.7 Å². The van der Waals surface area contributed by atoms with Crippen LogP contribution in [0.2, 0.25) is 0 Å². The third kappa shape index (κ3) is 3.56. The lowest BCUT2D eigenvalue weighted by atomic mass is 9.88. The minimum absolute atomic E-state index is 0. The number of hydrogen-bond donors (Lipinski definition) is 1. The molecular weight excluding hydrogens is 248 g/mol. The average Bonchev–Trinajstić information content (AvgIpc) is 2.77. The Labute approximate surface area is 112 Å². The molecule has 1 N–H and O–H groups in total. The van der Waals surface area contributed by atoms with Gasteiger partial charge >= 0.3 is 11.9 Å². The van der Waals surface area contributed by atoms with Gasteiger partial charge in [-0.1, -0.05) is 7.43 Å². The van der Waals surface area contributed by atoms with Crippen molar-refractivity contribution in [1.82, 2.24) is 9.78 Å². The van der Waals surface area contributed by atoms with Gasteiger partial charge in [0.25, 0.3) is 0 Å². The van der Waals surface area contributed by atoms with Gasteiger partial charge in [-0.2, -0.15) is 5.10 Å². The van der Waals surface area contributed by atoms with Gasteiger partial charge in [-0.15, -0.1) is 0 Å². The van der Waals surface area contributed by atoms with Crippen LogP contribution in [0.5, 0.6) is 0 Å². The number of fused-ring (bicyclic) bond motifs is 1. The van der Waals surface area contributed by atoms with E-state index in [2.05, 4.69) is 9.84 Å². The Hall–Kier alpha value is -1.85. The normalized spacial score (nSPS) is 17.2.